The van der Waals surface area contributed by atoms with Crippen molar-refractivity contribution >= 4 is 23.4 Å². The van der Waals surface area contributed by atoms with Crippen molar-refractivity contribution < 1.29 is 14.3 Å². The van der Waals surface area contributed by atoms with E-state index in [0.29, 0.717) is 16.3 Å². The summed E-state index contributed by atoms with van der Waals surface area (Å²) in [4.78, 5) is 24.1. The van der Waals surface area contributed by atoms with E-state index in [2.05, 4.69) is 21.0 Å². The maximum Gasteiger partial charge on any atom is 0.287 e. The molecule has 138 valence electrons. The van der Waals surface area contributed by atoms with Crippen molar-refractivity contribution in [2.24, 2.45) is 0 Å². The van der Waals surface area contributed by atoms with E-state index in [1.165, 1.54) is 0 Å². The van der Waals surface area contributed by atoms with Gasteiger partial charge in [-0.05, 0) is 42.0 Å². The fourth-order valence-electron chi connectivity index (χ4n) is 2.40. The molecule has 0 saturated carbocycles. The summed E-state index contributed by atoms with van der Waals surface area (Å²) in [6.07, 6.45) is 0.0556. The molecule has 2 aromatic carbocycles. The van der Waals surface area contributed by atoms with Crippen LogP contribution in [0.1, 0.15) is 16.1 Å². The first kappa shape index (κ1) is 18.5. The molecule has 1 heterocycles. The summed E-state index contributed by atoms with van der Waals surface area (Å²) in [5.41, 5.74) is 7.03. The molecule has 27 heavy (non-hydrogen) atoms. The lowest BCUT2D eigenvalue weighted by molar-refractivity contribution is -0.121. The molecule has 3 aromatic rings. The zero-order valence-corrected chi connectivity index (χ0v) is 15.2. The van der Waals surface area contributed by atoms with Crippen LogP contribution >= 0.6 is 11.6 Å². The smallest absolute Gasteiger partial charge is 0.287 e. The molecule has 2 amide bonds. The second kappa shape index (κ2) is 8.37. The standard InChI is InChI=1S/C19H17ClN4O3/c1-27-14-8-6-12(7-9-14)16-11-17(22-21-16)19(26)24-23-18(25)10-13-4-2-3-5-15(13)20/h2-9,11H,10H2,1H3,(H,21,22)(H,23,25)(H,24,26). The van der Waals surface area contributed by atoms with Gasteiger partial charge in [-0.2, -0.15) is 5.10 Å². The van der Waals surface area contributed by atoms with Gasteiger partial charge in [-0.1, -0.05) is 29.8 Å². The zero-order valence-electron chi connectivity index (χ0n) is 14.5. The van der Waals surface area contributed by atoms with Crippen molar-refractivity contribution in [2.75, 3.05) is 7.11 Å². The Balaban J connectivity index is 1.57. The van der Waals surface area contributed by atoms with Gasteiger partial charge in [0.05, 0.1) is 19.2 Å². The SMILES string of the molecule is COc1ccc(-c2cc(C(=O)NNC(=O)Cc3ccccc3Cl)[nH]n2)cc1. The highest BCUT2D eigenvalue weighted by molar-refractivity contribution is 6.31. The largest absolute Gasteiger partial charge is 0.497 e. The molecule has 7 nitrogen and oxygen atoms in total. The molecule has 3 N–H and O–H groups in total. The van der Waals surface area contributed by atoms with Crippen molar-refractivity contribution in [1.82, 2.24) is 21.0 Å². The number of hydrogen-bond acceptors (Lipinski definition) is 4. The molecule has 3 rings (SSSR count). The Morgan fingerprint density at radius 3 is 2.56 bits per heavy atom. The van der Waals surface area contributed by atoms with E-state index in [1.807, 2.05) is 12.1 Å². The van der Waals surface area contributed by atoms with E-state index in [4.69, 9.17) is 16.3 Å². The number of aromatic nitrogens is 2. The van der Waals surface area contributed by atoms with Crippen LogP contribution in [-0.2, 0) is 11.2 Å². The lowest BCUT2D eigenvalue weighted by Crippen LogP contribution is -2.42. The topological polar surface area (TPSA) is 96.1 Å². The number of halogens is 1. The summed E-state index contributed by atoms with van der Waals surface area (Å²) in [5.74, 6) is -0.158. The molecular weight excluding hydrogens is 368 g/mol. The predicted molar refractivity (Wildman–Crippen MR) is 101 cm³/mol. The minimum absolute atomic E-state index is 0.0556. The number of nitrogens with one attached hydrogen (secondary N) is 3. The van der Waals surface area contributed by atoms with Crippen molar-refractivity contribution in [3.8, 4) is 17.0 Å². The van der Waals surface area contributed by atoms with Crippen LogP contribution in [0, 0.1) is 0 Å². The van der Waals surface area contributed by atoms with Crippen LogP contribution in [0.2, 0.25) is 5.02 Å². The van der Waals surface area contributed by atoms with Gasteiger partial charge in [0.1, 0.15) is 11.4 Å². The van der Waals surface area contributed by atoms with Crippen LogP contribution < -0.4 is 15.6 Å². The molecule has 0 saturated heterocycles. The molecule has 0 aliphatic rings. The van der Waals surface area contributed by atoms with Crippen molar-refractivity contribution in [1.29, 1.82) is 0 Å². The van der Waals surface area contributed by atoms with Crippen LogP contribution in [0.3, 0.4) is 0 Å². The number of carbonyl (C=O) groups excluding carboxylic acids is 2. The predicted octanol–water partition coefficient (Wildman–Crippen LogP) is 2.74. The molecule has 0 aliphatic heterocycles. The average molecular weight is 385 g/mol. The monoisotopic (exact) mass is 384 g/mol. The number of carbonyl (C=O) groups is 2. The van der Waals surface area contributed by atoms with Gasteiger partial charge in [0, 0.05) is 10.6 Å². The van der Waals surface area contributed by atoms with E-state index in [0.717, 1.165) is 11.3 Å². The molecule has 0 atom stereocenters. The van der Waals surface area contributed by atoms with Crippen molar-refractivity contribution in [2.45, 2.75) is 6.42 Å². The van der Waals surface area contributed by atoms with Crippen LogP contribution in [0.4, 0.5) is 0 Å². The van der Waals surface area contributed by atoms with E-state index in [-0.39, 0.29) is 18.0 Å². The summed E-state index contributed by atoms with van der Waals surface area (Å²) >= 11 is 6.02. The first-order valence-electron chi connectivity index (χ1n) is 8.09. The average Bonchev–Trinajstić information content (AvgIpc) is 3.18. The minimum atomic E-state index is -0.505. The number of benzene rings is 2. The Morgan fingerprint density at radius 1 is 1.11 bits per heavy atom. The van der Waals surface area contributed by atoms with Gasteiger partial charge in [-0.3, -0.25) is 25.5 Å². The molecule has 1 aromatic heterocycles. The number of rotatable bonds is 5. The van der Waals surface area contributed by atoms with E-state index >= 15 is 0 Å². The number of hydrogen-bond donors (Lipinski definition) is 3. The molecule has 0 spiro atoms. The van der Waals surface area contributed by atoms with Gasteiger partial charge < -0.3 is 4.74 Å². The first-order valence-corrected chi connectivity index (χ1v) is 8.47. The fourth-order valence-corrected chi connectivity index (χ4v) is 2.60. The Labute approximate surface area is 160 Å². The molecule has 0 radical (unpaired) electrons. The number of ether oxygens (including phenoxy) is 1. The van der Waals surface area contributed by atoms with Crippen LogP contribution in [-0.4, -0.2) is 29.1 Å². The van der Waals surface area contributed by atoms with Gasteiger partial charge in [0.15, 0.2) is 0 Å². The summed E-state index contributed by atoms with van der Waals surface area (Å²) in [6.45, 7) is 0. The molecule has 0 bridgehead atoms. The fraction of sp³-hybridized carbons (Fsp3) is 0.105. The maximum absolute atomic E-state index is 12.2. The summed E-state index contributed by atoms with van der Waals surface area (Å²) in [7, 11) is 1.59. The molecule has 8 heteroatoms. The quantitative estimate of drug-likeness (QED) is 0.589. The summed E-state index contributed by atoms with van der Waals surface area (Å²) < 4.78 is 5.11. The Bertz CT molecular complexity index is 954. The second-order valence-electron chi connectivity index (χ2n) is 5.67. The summed E-state index contributed by atoms with van der Waals surface area (Å²) in [6, 6.07) is 15.9. The minimum Gasteiger partial charge on any atom is -0.497 e. The molecule has 0 unspecified atom stereocenters. The normalized spacial score (nSPS) is 10.3. The Morgan fingerprint density at radius 2 is 1.85 bits per heavy atom. The number of amides is 2. The number of hydrazine groups is 1. The third kappa shape index (κ3) is 4.65. The second-order valence-corrected chi connectivity index (χ2v) is 6.07. The van der Waals surface area contributed by atoms with Gasteiger partial charge in [-0.15, -0.1) is 0 Å². The van der Waals surface area contributed by atoms with E-state index in [1.54, 1.807) is 49.6 Å². The lowest BCUT2D eigenvalue weighted by Gasteiger charge is -2.07. The highest BCUT2D eigenvalue weighted by atomic mass is 35.5. The molecule has 0 aliphatic carbocycles. The zero-order chi connectivity index (χ0) is 19.2. The number of nitrogens with zero attached hydrogens (tertiary/aromatic N) is 1. The van der Waals surface area contributed by atoms with Crippen LogP contribution in [0.15, 0.2) is 54.6 Å². The van der Waals surface area contributed by atoms with E-state index in [9.17, 15) is 9.59 Å². The molecule has 0 fully saturated rings. The highest BCUT2D eigenvalue weighted by Crippen LogP contribution is 2.21. The van der Waals surface area contributed by atoms with Crippen molar-refractivity contribution in [3.05, 3.63) is 70.9 Å². The van der Waals surface area contributed by atoms with Gasteiger partial charge in [0.2, 0.25) is 5.91 Å². The number of methoxy groups -OCH3 is 1. The van der Waals surface area contributed by atoms with E-state index < -0.39 is 5.91 Å². The highest BCUT2D eigenvalue weighted by Gasteiger charge is 2.13. The van der Waals surface area contributed by atoms with Crippen LogP contribution in [0.25, 0.3) is 11.3 Å². The first-order chi connectivity index (χ1) is 13.1. The number of aromatic amines is 1. The van der Waals surface area contributed by atoms with Gasteiger partial charge >= 0.3 is 0 Å². The third-order valence-electron chi connectivity index (χ3n) is 3.83. The summed E-state index contributed by atoms with van der Waals surface area (Å²) in [5, 5.41) is 7.26. The third-order valence-corrected chi connectivity index (χ3v) is 4.20. The molecular formula is C19H17ClN4O3. The van der Waals surface area contributed by atoms with Crippen LogP contribution in [0.5, 0.6) is 5.75 Å². The maximum atomic E-state index is 12.2. The Hall–Kier alpha value is -3.32. The van der Waals surface area contributed by atoms with Gasteiger partial charge in [0.25, 0.3) is 5.91 Å². The number of H-pyrrole nitrogens is 1. The van der Waals surface area contributed by atoms with Crippen molar-refractivity contribution in [3.63, 3.8) is 0 Å². The van der Waals surface area contributed by atoms with Gasteiger partial charge in [-0.25, -0.2) is 0 Å². The lowest BCUT2D eigenvalue weighted by atomic mass is 10.1. The Kier molecular flexibility index (Phi) is 5.73.